The van der Waals surface area contributed by atoms with Gasteiger partial charge >= 0.3 is 0 Å². The Morgan fingerprint density at radius 1 is 1.43 bits per heavy atom. The molecule has 4 nitrogen and oxygen atoms in total. The standard InChI is InChI=1S/C10H8N2O2/c13-7-12-9-4-2-1-3-8(9)10-11-5-6-14-10/h1-4H,5-6H2. The molecule has 0 spiro atoms. The third-order valence-electron chi connectivity index (χ3n) is 1.89. The minimum absolute atomic E-state index is 0.545. The van der Waals surface area contributed by atoms with Gasteiger partial charge in [0, 0.05) is 0 Å². The molecule has 1 aromatic rings. The molecule has 0 bridgehead atoms. The molecule has 2 rings (SSSR count). The second kappa shape index (κ2) is 3.85. The zero-order valence-corrected chi connectivity index (χ0v) is 7.43. The number of isocyanates is 1. The fourth-order valence-corrected chi connectivity index (χ4v) is 1.30. The van der Waals surface area contributed by atoms with Crippen molar-refractivity contribution in [3.8, 4) is 0 Å². The average molecular weight is 188 g/mol. The third kappa shape index (κ3) is 1.56. The van der Waals surface area contributed by atoms with Crippen molar-refractivity contribution in [2.75, 3.05) is 13.2 Å². The molecular formula is C10H8N2O2. The van der Waals surface area contributed by atoms with Crippen molar-refractivity contribution in [2.45, 2.75) is 0 Å². The summed E-state index contributed by atoms with van der Waals surface area (Å²) in [5.41, 5.74) is 1.29. The van der Waals surface area contributed by atoms with Crippen molar-refractivity contribution < 1.29 is 9.53 Å². The Bertz CT molecular complexity index is 420. The Hall–Kier alpha value is -1.93. The minimum atomic E-state index is 0.545. The van der Waals surface area contributed by atoms with Gasteiger partial charge in [0.1, 0.15) is 6.61 Å². The molecule has 0 fully saturated rings. The van der Waals surface area contributed by atoms with Crippen LogP contribution in [0.25, 0.3) is 0 Å². The third-order valence-corrected chi connectivity index (χ3v) is 1.89. The zero-order valence-electron chi connectivity index (χ0n) is 7.43. The molecule has 14 heavy (non-hydrogen) atoms. The summed E-state index contributed by atoms with van der Waals surface area (Å²) in [6, 6.07) is 7.20. The van der Waals surface area contributed by atoms with Crippen molar-refractivity contribution in [3.63, 3.8) is 0 Å². The van der Waals surface area contributed by atoms with Crippen molar-refractivity contribution in [1.29, 1.82) is 0 Å². The van der Waals surface area contributed by atoms with Gasteiger partial charge in [0.2, 0.25) is 12.0 Å². The first-order valence-corrected chi connectivity index (χ1v) is 4.26. The van der Waals surface area contributed by atoms with Gasteiger partial charge in [-0.1, -0.05) is 12.1 Å². The first kappa shape index (κ1) is 8.66. The second-order valence-electron chi connectivity index (χ2n) is 2.76. The number of rotatable bonds is 2. The molecule has 0 amide bonds. The molecule has 1 heterocycles. The number of aliphatic imine (C=N–C) groups is 2. The SMILES string of the molecule is O=C=Nc1ccccc1C1=NCCO1. The van der Waals surface area contributed by atoms with E-state index in [2.05, 4.69) is 9.98 Å². The molecule has 0 N–H and O–H groups in total. The number of para-hydroxylation sites is 1. The van der Waals surface area contributed by atoms with E-state index in [1.807, 2.05) is 12.1 Å². The smallest absolute Gasteiger partial charge is 0.240 e. The molecule has 1 aliphatic heterocycles. The van der Waals surface area contributed by atoms with Crippen LogP contribution in [0.1, 0.15) is 5.56 Å². The van der Waals surface area contributed by atoms with Crippen LogP contribution in [0.4, 0.5) is 5.69 Å². The average Bonchev–Trinajstić information content (AvgIpc) is 2.72. The molecule has 1 aromatic carbocycles. The van der Waals surface area contributed by atoms with E-state index in [0.717, 1.165) is 5.56 Å². The predicted octanol–water partition coefficient (Wildman–Crippen LogP) is 1.43. The first-order chi connectivity index (χ1) is 6.92. The molecule has 0 aromatic heterocycles. The van der Waals surface area contributed by atoms with Crippen LogP contribution in [0.5, 0.6) is 0 Å². The van der Waals surface area contributed by atoms with Crippen LogP contribution >= 0.6 is 0 Å². The van der Waals surface area contributed by atoms with Gasteiger partial charge in [-0.3, -0.25) is 0 Å². The van der Waals surface area contributed by atoms with Gasteiger partial charge in [0.05, 0.1) is 17.8 Å². The number of ether oxygens (including phenoxy) is 1. The van der Waals surface area contributed by atoms with Crippen molar-refractivity contribution >= 4 is 17.7 Å². The zero-order chi connectivity index (χ0) is 9.80. The van der Waals surface area contributed by atoms with E-state index in [1.54, 1.807) is 12.1 Å². The number of carbonyl (C=O) groups excluding carboxylic acids is 1. The van der Waals surface area contributed by atoms with Gasteiger partial charge in [-0.15, -0.1) is 0 Å². The van der Waals surface area contributed by atoms with Crippen LogP contribution in [-0.2, 0) is 9.53 Å². The highest BCUT2D eigenvalue weighted by Gasteiger charge is 2.13. The van der Waals surface area contributed by atoms with Crippen molar-refractivity contribution in [3.05, 3.63) is 29.8 Å². The van der Waals surface area contributed by atoms with Gasteiger partial charge in [0.25, 0.3) is 0 Å². The Kier molecular flexibility index (Phi) is 2.38. The van der Waals surface area contributed by atoms with Gasteiger partial charge in [0.15, 0.2) is 0 Å². The molecular weight excluding hydrogens is 180 g/mol. The Labute approximate surface area is 81.0 Å². The molecule has 0 unspecified atom stereocenters. The first-order valence-electron chi connectivity index (χ1n) is 4.26. The fraction of sp³-hybridized carbons (Fsp3) is 0.200. The van der Waals surface area contributed by atoms with Gasteiger partial charge in [-0.05, 0) is 12.1 Å². The minimum Gasteiger partial charge on any atom is -0.475 e. The Morgan fingerprint density at radius 3 is 3.00 bits per heavy atom. The highest BCUT2D eigenvalue weighted by molar-refractivity contribution is 5.99. The highest BCUT2D eigenvalue weighted by Crippen LogP contribution is 2.20. The van der Waals surface area contributed by atoms with E-state index in [0.29, 0.717) is 24.7 Å². The molecule has 4 heteroatoms. The number of hydrogen-bond donors (Lipinski definition) is 0. The van der Waals surface area contributed by atoms with E-state index in [9.17, 15) is 4.79 Å². The number of benzene rings is 1. The van der Waals surface area contributed by atoms with Gasteiger partial charge in [-0.2, -0.15) is 4.99 Å². The summed E-state index contributed by atoms with van der Waals surface area (Å²) >= 11 is 0. The quantitative estimate of drug-likeness (QED) is 0.520. The maximum atomic E-state index is 10.2. The Morgan fingerprint density at radius 2 is 2.29 bits per heavy atom. The lowest BCUT2D eigenvalue weighted by Crippen LogP contribution is -2.00. The fourth-order valence-electron chi connectivity index (χ4n) is 1.30. The molecule has 1 aliphatic rings. The summed E-state index contributed by atoms with van der Waals surface area (Å²) in [5, 5.41) is 0. The topological polar surface area (TPSA) is 51.0 Å². The maximum Gasteiger partial charge on any atom is 0.240 e. The monoisotopic (exact) mass is 188 g/mol. The lowest BCUT2D eigenvalue weighted by molar-refractivity contribution is 0.348. The normalized spacial score (nSPS) is 14.1. The summed E-state index contributed by atoms with van der Waals surface area (Å²) in [6.07, 6.45) is 1.51. The summed E-state index contributed by atoms with van der Waals surface area (Å²) in [6.45, 7) is 1.25. The summed E-state index contributed by atoms with van der Waals surface area (Å²) in [4.78, 5) is 17.9. The van der Waals surface area contributed by atoms with Crippen LogP contribution < -0.4 is 0 Å². The van der Waals surface area contributed by atoms with Crippen LogP contribution in [0.3, 0.4) is 0 Å². The lowest BCUT2D eigenvalue weighted by Gasteiger charge is -2.03. The summed E-state index contributed by atoms with van der Waals surface area (Å²) < 4.78 is 5.29. The van der Waals surface area contributed by atoms with E-state index in [-0.39, 0.29) is 0 Å². The van der Waals surface area contributed by atoms with E-state index in [1.165, 1.54) is 6.08 Å². The van der Waals surface area contributed by atoms with Gasteiger partial charge < -0.3 is 4.74 Å². The van der Waals surface area contributed by atoms with Crippen molar-refractivity contribution in [2.24, 2.45) is 9.98 Å². The van der Waals surface area contributed by atoms with Crippen LogP contribution in [-0.4, -0.2) is 25.1 Å². The maximum absolute atomic E-state index is 10.2. The molecule has 0 aliphatic carbocycles. The second-order valence-corrected chi connectivity index (χ2v) is 2.76. The number of hydrogen-bond acceptors (Lipinski definition) is 4. The predicted molar refractivity (Wildman–Crippen MR) is 51.6 cm³/mol. The van der Waals surface area contributed by atoms with Crippen LogP contribution in [0.15, 0.2) is 34.3 Å². The van der Waals surface area contributed by atoms with Crippen molar-refractivity contribution in [1.82, 2.24) is 0 Å². The Balaban J connectivity index is 2.45. The summed E-state index contributed by atoms with van der Waals surface area (Å²) in [7, 11) is 0. The summed E-state index contributed by atoms with van der Waals surface area (Å²) in [5.74, 6) is 0.555. The molecule has 0 saturated carbocycles. The number of nitrogens with zero attached hydrogens (tertiary/aromatic N) is 2. The van der Waals surface area contributed by atoms with E-state index >= 15 is 0 Å². The van der Waals surface area contributed by atoms with E-state index < -0.39 is 0 Å². The molecule has 0 saturated heterocycles. The largest absolute Gasteiger partial charge is 0.475 e. The highest BCUT2D eigenvalue weighted by atomic mass is 16.5. The molecule has 70 valence electrons. The van der Waals surface area contributed by atoms with Crippen LogP contribution in [0.2, 0.25) is 0 Å². The van der Waals surface area contributed by atoms with E-state index in [4.69, 9.17) is 4.74 Å². The van der Waals surface area contributed by atoms with Crippen LogP contribution in [0, 0.1) is 0 Å². The molecule has 0 radical (unpaired) electrons. The lowest BCUT2D eigenvalue weighted by atomic mass is 10.2. The van der Waals surface area contributed by atoms with Gasteiger partial charge in [-0.25, -0.2) is 9.79 Å². The molecule has 0 atom stereocenters.